The summed E-state index contributed by atoms with van der Waals surface area (Å²) in [6.07, 6.45) is 2.61. The Kier molecular flexibility index (Phi) is 3.77. The summed E-state index contributed by atoms with van der Waals surface area (Å²) in [5.74, 6) is 0.880. The van der Waals surface area contributed by atoms with Crippen LogP contribution in [0, 0.1) is 5.92 Å². The molecular weight excluding hydrogens is 188 g/mol. The molecule has 0 aromatic carbocycles. The monoisotopic (exact) mass is 212 g/mol. The first kappa shape index (κ1) is 12.5. The molecule has 3 nitrogen and oxygen atoms in total. The third-order valence-corrected chi connectivity index (χ3v) is 2.73. The molecule has 1 aliphatic rings. The minimum Gasteiger partial charge on any atom is -0.350 e. The van der Waals surface area contributed by atoms with E-state index >= 15 is 0 Å². The van der Waals surface area contributed by atoms with Crippen LogP contribution in [-0.4, -0.2) is 23.5 Å². The molecule has 1 fully saturated rings. The molecule has 1 rings (SSSR count). The zero-order chi connectivity index (χ0) is 11.6. The normalized spacial score (nSPS) is 20.9. The van der Waals surface area contributed by atoms with Crippen molar-refractivity contribution in [3.8, 4) is 0 Å². The topological polar surface area (TPSA) is 41.1 Å². The number of carbonyl (C=O) groups excluding carboxylic acids is 1. The highest BCUT2D eigenvalue weighted by molar-refractivity contribution is 5.81. The van der Waals surface area contributed by atoms with E-state index in [0.717, 1.165) is 5.92 Å². The molecule has 88 valence electrons. The summed E-state index contributed by atoms with van der Waals surface area (Å²) in [4.78, 5) is 11.8. The minimum absolute atomic E-state index is 0.0926. The van der Waals surface area contributed by atoms with E-state index in [9.17, 15) is 4.79 Å². The van der Waals surface area contributed by atoms with Crippen LogP contribution in [0.2, 0.25) is 0 Å². The van der Waals surface area contributed by atoms with Gasteiger partial charge in [0.1, 0.15) is 0 Å². The van der Waals surface area contributed by atoms with Crippen molar-refractivity contribution in [3.63, 3.8) is 0 Å². The highest BCUT2D eigenvalue weighted by atomic mass is 16.2. The summed E-state index contributed by atoms with van der Waals surface area (Å²) in [5.41, 5.74) is -0.143. The fourth-order valence-electron chi connectivity index (χ4n) is 1.68. The van der Waals surface area contributed by atoms with Crippen molar-refractivity contribution in [2.75, 3.05) is 0 Å². The number of nitrogens with one attached hydrogen (secondary N) is 2. The van der Waals surface area contributed by atoms with E-state index in [1.807, 2.05) is 27.7 Å². The van der Waals surface area contributed by atoms with Crippen LogP contribution in [0.5, 0.6) is 0 Å². The van der Waals surface area contributed by atoms with Crippen molar-refractivity contribution in [2.45, 2.75) is 65.1 Å². The van der Waals surface area contributed by atoms with E-state index in [1.165, 1.54) is 12.8 Å². The summed E-state index contributed by atoms with van der Waals surface area (Å²) < 4.78 is 0. The van der Waals surface area contributed by atoms with Gasteiger partial charge in [-0.2, -0.15) is 0 Å². The fourth-order valence-corrected chi connectivity index (χ4v) is 1.68. The van der Waals surface area contributed by atoms with Crippen molar-refractivity contribution in [1.29, 1.82) is 0 Å². The summed E-state index contributed by atoms with van der Waals surface area (Å²) in [6, 6.07) is 0.366. The Morgan fingerprint density at radius 3 is 2.20 bits per heavy atom. The van der Waals surface area contributed by atoms with Gasteiger partial charge in [-0.3, -0.25) is 4.79 Å². The van der Waals surface area contributed by atoms with E-state index in [2.05, 4.69) is 17.6 Å². The van der Waals surface area contributed by atoms with E-state index in [-0.39, 0.29) is 17.5 Å². The largest absolute Gasteiger partial charge is 0.350 e. The zero-order valence-electron chi connectivity index (χ0n) is 10.6. The number of amides is 1. The Hall–Kier alpha value is -0.570. The highest BCUT2D eigenvalue weighted by Crippen LogP contribution is 2.32. The van der Waals surface area contributed by atoms with Crippen molar-refractivity contribution in [2.24, 2.45) is 5.92 Å². The number of hydrogen-bond donors (Lipinski definition) is 2. The van der Waals surface area contributed by atoms with Gasteiger partial charge in [0.05, 0.1) is 6.04 Å². The van der Waals surface area contributed by atoms with Gasteiger partial charge >= 0.3 is 0 Å². The number of rotatable bonds is 4. The third kappa shape index (κ3) is 4.65. The first-order valence-corrected chi connectivity index (χ1v) is 5.87. The lowest BCUT2D eigenvalue weighted by atomic mass is 10.1. The van der Waals surface area contributed by atoms with Crippen LogP contribution in [0.3, 0.4) is 0 Å². The SMILES string of the molecule is CC(NC(C)C1CC1)C(=O)NC(C)(C)C. The van der Waals surface area contributed by atoms with Gasteiger partial charge < -0.3 is 10.6 Å². The third-order valence-electron chi connectivity index (χ3n) is 2.73. The van der Waals surface area contributed by atoms with Crippen LogP contribution < -0.4 is 10.6 Å². The van der Waals surface area contributed by atoms with Gasteiger partial charge in [0.25, 0.3) is 0 Å². The molecule has 0 aliphatic heterocycles. The lowest BCUT2D eigenvalue weighted by molar-refractivity contribution is -0.124. The quantitative estimate of drug-likeness (QED) is 0.744. The van der Waals surface area contributed by atoms with Gasteiger partial charge in [0.2, 0.25) is 5.91 Å². The van der Waals surface area contributed by atoms with Crippen LogP contribution in [0.4, 0.5) is 0 Å². The molecule has 0 saturated heterocycles. The van der Waals surface area contributed by atoms with Crippen LogP contribution >= 0.6 is 0 Å². The second-order valence-electron chi connectivity index (χ2n) is 5.75. The summed E-state index contributed by atoms with van der Waals surface area (Å²) >= 11 is 0. The minimum atomic E-state index is -0.143. The Morgan fingerprint density at radius 2 is 1.80 bits per heavy atom. The maximum absolute atomic E-state index is 11.8. The van der Waals surface area contributed by atoms with Gasteiger partial charge in [0.15, 0.2) is 0 Å². The average Bonchev–Trinajstić information content (AvgIpc) is 2.82. The first-order chi connectivity index (χ1) is 6.79. The summed E-state index contributed by atoms with van der Waals surface area (Å²) in [5, 5.41) is 6.33. The van der Waals surface area contributed by atoms with Crippen molar-refractivity contribution >= 4 is 5.91 Å². The second-order valence-corrected chi connectivity index (χ2v) is 5.75. The van der Waals surface area contributed by atoms with Gasteiger partial charge in [0, 0.05) is 11.6 Å². The van der Waals surface area contributed by atoms with Crippen molar-refractivity contribution in [1.82, 2.24) is 10.6 Å². The molecule has 2 atom stereocenters. The van der Waals surface area contributed by atoms with Gasteiger partial charge in [-0.25, -0.2) is 0 Å². The smallest absolute Gasteiger partial charge is 0.237 e. The van der Waals surface area contributed by atoms with Gasteiger partial charge in [-0.1, -0.05) is 0 Å². The average molecular weight is 212 g/mol. The predicted molar refractivity (Wildman–Crippen MR) is 62.7 cm³/mol. The maximum atomic E-state index is 11.8. The maximum Gasteiger partial charge on any atom is 0.237 e. The standard InChI is InChI=1S/C12H24N2O/c1-8(10-6-7-10)13-9(2)11(15)14-12(3,4)5/h8-10,13H,6-7H2,1-5H3,(H,14,15). The Balaban J connectivity index is 2.32. The Morgan fingerprint density at radius 1 is 1.27 bits per heavy atom. The summed E-state index contributed by atoms with van der Waals surface area (Å²) in [7, 11) is 0. The molecule has 0 bridgehead atoms. The Labute approximate surface area is 93.0 Å². The van der Waals surface area contributed by atoms with Crippen LogP contribution in [0.1, 0.15) is 47.5 Å². The van der Waals surface area contributed by atoms with Gasteiger partial charge in [-0.15, -0.1) is 0 Å². The van der Waals surface area contributed by atoms with Crippen molar-refractivity contribution < 1.29 is 4.79 Å². The van der Waals surface area contributed by atoms with E-state index in [1.54, 1.807) is 0 Å². The van der Waals surface area contributed by atoms with Crippen molar-refractivity contribution in [3.05, 3.63) is 0 Å². The zero-order valence-corrected chi connectivity index (χ0v) is 10.6. The molecule has 0 aromatic heterocycles. The predicted octanol–water partition coefficient (Wildman–Crippen LogP) is 1.68. The molecule has 0 aromatic rings. The molecule has 1 aliphatic carbocycles. The van der Waals surface area contributed by atoms with E-state index in [4.69, 9.17) is 0 Å². The molecule has 0 spiro atoms. The van der Waals surface area contributed by atoms with Crippen LogP contribution in [-0.2, 0) is 4.79 Å². The first-order valence-electron chi connectivity index (χ1n) is 5.87. The Bertz CT molecular complexity index is 228. The van der Waals surface area contributed by atoms with Crippen LogP contribution in [0.15, 0.2) is 0 Å². The van der Waals surface area contributed by atoms with Crippen LogP contribution in [0.25, 0.3) is 0 Å². The highest BCUT2D eigenvalue weighted by Gasteiger charge is 2.30. The molecule has 0 heterocycles. The molecule has 0 radical (unpaired) electrons. The molecule has 2 N–H and O–H groups in total. The molecular formula is C12H24N2O. The van der Waals surface area contributed by atoms with Gasteiger partial charge in [-0.05, 0) is 53.4 Å². The second kappa shape index (κ2) is 4.52. The molecule has 15 heavy (non-hydrogen) atoms. The van der Waals surface area contributed by atoms with E-state index < -0.39 is 0 Å². The lowest BCUT2D eigenvalue weighted by Gasteiger charge is -2.25. The van der Waals surface area contributed by atoms with E-state index in [0.29, 0.717) is 6.04 Å². The number of hydrogen-bond acceptors (Lipinski definition) is 2. The number of carbonyl (C=O) groups is 1. The molecule has 1 saturated carbocycles. The summed E-state index contributed by atoms with van der Waals surface area (Å²) in [6.45, 7) is 10.1. The molecule has 1 amide bonds. The fraction of sp³-hybridized carbons (Fsp3) is 0.917. The lowest BCUT2D eigenvalue weighted by Crippen LogP contribution is -2.51. The molecule has 3 heteroatoms. The molecule has 2 unspecified atom stereocenters.